The van der Waals surface area contributed by atoms with E-state index in [1.165, 1.54) is 19.5 Å². The second kappa shape index (κ2) is 5.71. The van der Waals surface area contributed by atoms with Crippen LogP contribution in [0.5, 0.6) is 5.75 Å². The zero-order valence-corrected chi connectivity index (χ0v) is 10.3. The minimum atomic E-state index is -0.645. The lowest BCUT2D eigenvalue weighted by Gasteiger charge is -2.15. The van der Waals surface area contributed by atoms with E-state index in [4.69, 9.17) is 10.5 Å². The zero-order chi connectivity index (χ0) is 13.8. The van der Waals surface area contributed by atoms with Gasteiger partial charge in [-0.2, -0.15) is 0 Å². The molecule has 19 heavy (non-hydrogen) atoms. The molecule has 2 aromatic rings. The topological polar surface area (TPSA) is 61.0 Å². The number of rotatable bonds is 4. The van der Waals surface area contributed by atoms with Crippen molar-refractivity contribution in [2.75, 3.05) is 13.7 Å². The number of benzene rings is 1. The molecular weight excluding hydrogens is 252 g/mol. The summed E-state index contributed by atoms with van der Waals surface area (Å²) in [5, 5.41) is 0. The largest absolute Gasteiger partial charge is 0.494 e. The second-order valence-corrected chi connectivity index (χ2v) is 3.90. The molecule has 2 rings (SSSR count). The Hall–Kier alpha value is -2.08. The number of hydrogen-bond donors (Lipinski definition) is 1. The summed E-state index contributed by atoms with van der Waals surface area (Å²) in [7, 11) is 1.28. The fourth-order valence-electron chi connectivity index (χ4n) is 1.83. The van der Waals surface area contributed by atoms with Crippen LogP contribution in [0.3, 0.4) is 0 Å². The summed E-state index contributed by atoms with van der Waals surface area (Å²) in [5.41, 5.74) is 5.74. The molecule has 0 aliphatic carbocycles. The lowest BCUT2D eigenvalue weighted by atomic mass is 9.97. The van der Waals surface area contributed by atoms with Crippen molar-refractivity contribution in [3.05, 3.63) is 53.6 Å². The van der Waals surface area contributed by atoms with E-state index in [-0.39, 0.29) is 17.9 Å². The normalized spacial score (nSPS) is 12.2. The quantitative estimate of drug-likeness (QED) is 0.916. The summed E-state index contributed by atoms with van der Waals surface area (Å²) in [4.78, 5) is 8.06. The molecule has 1 aromatic heterocycles. The molecule has 2 N–H and O–H groups in total. The maximum Gasteiger partial charge on any atom is 0.165 e. The molecule has 0 aliphatic heterocycles. The number of hydrogen-bond acceptors (Lipinski definition) is 4. The highest BCUT2D eigenvalue weighted by molar-refractivity contribution is 5.35. The molecule has 0 bridgehead atoms. The van der Waals surface area contributed by atoms with Crippen LogP contribution in [-0.2, 0) is 0 Å². The summed E-state index contributed by atoms with van der Waals surface area (Å²) in [5.74, 6) is -1.63. The number of nitrogens with two attached hydrogens (primary N) is 1. The standard InChI is InChI=1S/C13H13F2N3O/c1-19-12-6-10(14)8(5-11(12)15)9(7-16)13-17-3-2-4-18-13/h2-6,9H,7,16H2,1H3. The van der Waals surface area contributed by atoms with Crippen molar-refractivity contribution in [1.29, 1.82) is 0 Å². The zero-order valence-electron chi connectivity index (χ0n) is 10.3. The van der Waals surface area contributed by atoms with Crippen LogP contribution < -0.4 is 10.5 Å². The van der Waals surface area contributed by atoms with Gasteiger partial charge in [0.15, 0.2) is 11.6 Å². The predicted octanol–water partition coefficient (Wildman–Crippen LogP) is 1.85. The van der Waals surface area contributed by atoms with Crippen LogP contribution in [0, 0.1) is 11.6 Å². The smallest absolute Gasteiger partial charge is 0.165 e. The minimum absolute atomic E-state index is 0.0761. The SMILES string of the molecule is COc1cc(F)c(C(CN)c2ncccn2)cc1F. The molecule has 6 heteroatoms. The van der Waals surface area contributed by atoms with Crippen LogP contribution in [0.1, 0.15) is 17.3 Å². The summed E-state index contributed by atoms with van der Waals surface area (Å²) in [6, 6.07) is 3.71. The van der Waals surface area contributed by atoms with Crippen molar-refractivity contribution in [2.45, 2.75) is 5.92 Å². The number of nitrogens with zero attached hydrogens (tertiary/aromatic N) is 2. The Morgan fingerprint density at radius 3 is 2.47 bits per heavy atom. The maximum absolute atomic E-state index is 14.0. The van der Waals surface area contributed by atoms with Gasteiger partial charge in [-0.3, -0.25) is 0 Å². The van der Waals surface area contributed by atoms with Crippen LogP contribution in [0.15, 0.2) is 30.6 Å². The average molecular weight is 265 g/mol. The van der Waals surface area contributed by atoms with Gasteiger partial charge in [0.25, 0.3) is 0 Å². The predicted molar refractivity (Wildman–Crippen MR) is 65.8 cm³/mol. The summed E-state index contributed by atoms with van der Waals surface area (Å²) >= 11 is 0. The highest BCUT2D eigenvalue weighted by atomic mass is 19.1. The van der Waals surface area contributed by atoms with Gasteiger partial charge >= 0.3 is 0 Å². The Morgan fingerprint density at radius 2 is 1.89 bits per heavy atom. The van der Waals surface area contributed by atoms with Gasteiger partial charge in [-0.25, -0.2) is 18.7 Å². The molecule has 0 saturated heterocycles. The second-order valence-electron chi connectivity index (χ2n) is 3.90. The van der Waals surface area contributed by atoms with Crippen LogP contribution in [0.2, 0.25) is 0 Å². The first kappa shape index (κ1) is 13.4. The molecular formula is C13H13F2N3O. The van der Waals surface area contributed by atoms with Gasteiger partial charge < -0.3 is 10.5 Å². The Kier molecular flexibility index (Phi) is 4.01. The van der Waals surface area contributed by atoms with E-state index in [1.807, 2.05) is 0 Å². The first-order valence-electron chi connectivity index (χ1n) is 5.67. The minimum Gasteiger partial charge on any atom is -0.494 e. The van der Waals surface area contributed by atoms with Gasteiger partial charge in [-0.05, 0) is 12.1 Å². The Morgan fingerprint density at radius 1 is 1.21 bits per heavy atom. The number of ether oxygens (including phenoxy) is 1. The molecule has 100 valence electrons. The van der Waals surface area contributed by atoms with E-state index in [0.717, 1.165) is 12.1 Å². The average Bonchev–Trinajstić information content (AvgIpc) is 2.44. The van der Waals surface area contributed by atoms with Gasteiger partial charge in [0.1, 0.15) is 11.6 Å². The number of halogens is 2. The molecule has 0 radical (unpaired) electrons. The number of methoxy groups -OCH3 is 1. The lowest BCUT2D eigenvalue weighted by molar-refractivity contribution is 0.381. The van der Waals surface area contributed by atoms with Crippen molar-refractivity contribution in [2.24, 2.45) is 5.73 Å². The van der Waals surface area contributed by atoms with Crippen LogP contribution >= 0.6 is 0 Å². The molecule has 4 nitrogen and oxygen atoms in total. The first-order valence-corrected chi connectivity index (χ1v) is 5.67. The van der Waals surface area contributed by atoms with E-state index in [0.29, 0.717) is 5.82 Å². The monoisotopic (exact) mass is 265 g/mol. The third-order valence-electron chi connectivity index (χ3n) is 2.78. The maximum atomic E-state index is 14.0. The van der Waals surface area contributed by atoms with E-state index in [1.54, 1.807) is 6.07 Å². The molecule has 1 heterocycles. The van der Waals surface area contributed by atoms with Gasteiger partial charge in [-0.15, -0.1) is 0 Å². The molecule has 1 aromatic carbocycles. The Bertz CT molecular complexity index is 563. The van der Waals surface area contributed by atoms with Crippen LogP contribution in [0.4, 0.5) is 8.78 Å². The van der Waals surface area contributed by atoms with E-state index >= 15 is 0 Å². The lowest BCUT2D eigenvalue weighted by Crippen LogP contribution is -2.18. The molecule has 0 aliphatic rings. The molecule has 0 amide bonds. The van der Waals surface area contributed by atoms with Gasteiger partial charge in [0, 0.05) is 30.6 Å². The summed E-state index contributed by atoms with van der Waals surface area (Å²) in [6.45, 7) is 0.0761. The van der Waals surface area contributed by atoms with Crippen molar-refractivity contribution in [3.8, 4) is 5.75 Å². The molecule has 0 fully saturated rings. The van der Waals surface area contributed by atoms with Crippen molar-refractivity contribution < 1.29 is 13.5 Å². The van der Waals surface area contributed by atoms with Gasteiger partial charge in [-0.1, -0.05) is 0 Å². The molecule has 0 saturated carbocycles. The third kappa shape index (κ3) is 2.68. The van der Waals surface area contributed by atoms with Crippen molar-refractivity contribution >= 4 is 0 Å². The molecule has 0 spiro atoms. The van der Waals surface area contributed by atoms with Gasteiger partial charge in [0.05, 0.1) is 13.0 Å². The van der Waals surface area contributed by atoms with E-state index in [2.05, 4.69) is 9.97 Å². The summed E-state index contributed by atoms with van der Waals surface area (Å²) < 4.78 is 32.4. The fraction of sp³-hybridized carbons (Fsp3) is 0.231. The Balaban J connectivity index is 2.47. The molecule has 1 unspecified atom stereocenters. The van der Waals surface area contributed by atoms with Crippen LogP contribution in [0.25, 0.3) is 0 Å². The van der Waals surface area contributed by atoms with Crippen molar-refractivity contribution in [1.82, 2.24) is 9.97 Å². The van der Waals surface area contributed by atoms with E-state index in [9.17, 15) is 8.78 Å². The van der Waals surface area contributed by atoms with Gasteiger partial charge in [0.2, 0.25) is 0 Å². The van der Waals surface area contributed by atoms with Crippen LogP contribution in [-0.4, -0.2) is 23.6 Å². The first-order chi connectivity index (χ1) is 9.17. The summed E-state index contributed by atoms with van der Waals surface area (Å²) in [6.07, 6.45) is 3.06. The fourth-order valence-corrected chi connectivity index (χ4v) is 1.83. The Labute approximate surface area is 109 Å². The highest BCUT2D eigenvalue weighted by Crippen LogP contribution is 2.28. The van der Waals surface area contributed by atoms with E-state index < -0.39 is 17.6 Å². The number of aromatic nitrogens is 2. The van der Waals surface area contributed by atoms with Crippen molar-refractivity contribution in [3.63, 3.8) is 0 Å². The third-order valence-corrected chi connectivity index (χ3v) is 2.78. The molecule has 1 atom stereocenters. The highest BCUT2D eigenvalue weighted by Gasteiger charge is 2.21.